The van der Waals surface area contributed by atoms with Crippen molar-refractivity contribution < 1.29 is 18.7 Å². The number of nitrogens with zero attached hydrogens (tertiary/aromatic N) is 2. The lowest BCUT2D eigenvalue weighted by atomic mass is 10.2. The van der Waals surface area contributed by atoms with E-state index in [1.54, 1.807) is 6.21 Å². The van der Waals surface area contributed by atoms with Crippen molar-refractivity contribution >= 4 is 46.6 Å². The molecular weight excluding hydrogens is 474 g/mol. The number of rotatable bonds is 10. The lowest BCUT2D eigenvalue weighted by Crippen LogP contribution is -2.19. The molecule has 1 amide bonds. The van der Waals surface area contributed by atoms with Crippen LogP contribution in [-0.2, 0) is 11.4 Å². The van der Waals surface area contributed by atoms with Gasteiger partial charge in [0.2, 0.25) is 0 Å². The third-order valence-electron chi connectivity index (χ3n) is 4.58. The van der Waals surface area contributed by atoms with Crippen LogP contribution in [0.25, 0.3) is 11.1 Å². The minimum absolute atomic E-state index is 0.131. The first-order valence-electron chi connectivity index (χ1n) is 10.5. The molecule has 0 aliphatic rings. The van der Waals surface area contributed by atoms with Crippen molar-refractivity contribution in [3.63, 3.8) is 0 Å². The van der Waals surface area contributed by atoms with E-state index in [-0.39, 0.29) is 11.7 Å². The summed E-state index contributed by atoms with van der Waals surface area (Å²) in [5, 5.41) is 5.15. The lowest BCUT2D eigenvalue weighted by molar-refractivity contribution is -0.118. The molecule has 0 fully saturated rings. The summed E-state index contributed by atoms with van der Waals surface area (Å²) in [6, 6.07) is 20.4. The highest BCUT2D eigenvalue weighted by Gasteiger charge is 2.09. The maximum atomic E-state index is 12.1. The Labute approximate surface area is 206 Å². The summed E-state index contributed by atoms with van der Waals surface area (Å²) in [5.41, 5.74) is 5.71. The highest BCUT2D eigenvalue weighted by molar-refractivity contribution is 7.99. The van der Waals surface area contributed by atoms with E-state index >= 15 is 0 Å². The molecule has 0 saturated heterocycles. The van der Waals surface area contributed by atoms with E-state index in [9.17, 15) is 4.79 Å². The van der Waals surface area contributed by atoms with Gasteiger partial charge in [-0.2, -0.15) is 5.10 Å². The van der Waals surface area contributed by atoms with E-state index in [1.165, 1.54) is 11.8 Å². The van der Waals surface area contributed by atoms with E-state index in [0.29, 0.717) is 40.5 Å². The van der Waals surface area contributed by atoms with Gasteiger partial charge in [0.1, 0.15) is 12.1 Å². The molecule has 0 bridgehead atoms. The summed E-state index contributed by atoms with van der Waals surface area (Å²) in [5.74, 6) is 1.08. The molecule has 0 spiro atoms. The van der Waals surface area contributed by atoms with Crippen molar-refractivity contribution in [2.24, 2.45) is 5.10 Å². The monoisotopic (exact) mass is 495 g/mol. The summed E-state index contributed by atoms with van der Waals surface area (Å²) in [6.45, 7) is 2.78. The maximum absolute atomic E-state index is 12.1. The highest BCUT2D eigenvalue weighted by Crippen LogP contribution is 2.29. The van der Waals surface area contributed by atoms with Crippen molar-refractivity contribution in [3.05, 3.63) is 82.9 Å². The first-order chi connectivity index (χ1) is 16.6. The largest absolute Gasteiger partial charge is 0.490 e. The summed E-state index contributed by atoms with van der Waals surface area (Å²) < 4.78 is 17.2. The Morgan fingerprint density at radius 1 is 1.12 bits per heavy atom. The van der Waals surface area contributed by atoms with Gasteiger partial charge in [-0.1, -0.05) is 47.6 Å². The van der Waals surface area contributed by atoms with Crippen LogP contribution in [0.3, 0.4) is 0 Å². The van der Waals surface area contributed by atoms with Gasteiger partial charge in [-0.3, -0.25) is 4.79 Å². The van der Waals surface area contributed by atoms with Crippen molar-refractivity contribution in [2.45, 2.75) is 18.8 Å². The normalized spacial score (nSPS) is 11.1. The van der Waals surface area contributed by atoms with Gasteiger partial charge < -0.3 is 13.9 Å². The number of hydrogen-bond donors (Lipinski definition) is 1. The fourth-order valence-electron chi connectivity index (χ4n) is 2.99. The molecule has 1 N–H and O–H groups in total. The number of hydrazone groups is 1. The van der Waals surface area contributed by atoms with Gasteiger partial charge in [-0.05, 0) is 60.5 Å². The molecule has 3 aromatic carbocycles. The number of oxazole rings is 1. The van der Waals surface area contributed by atoms with Crippen LogP contribution < -0.4 is 14.9 Å². The van der Waals surface area contributed by atoms with E-state index < -0.39 is 0 Å². The van der Waals surface area contributed by atoms with E-state index in [4.69, 9.17) is 25.5 Å². The number of para-hydroxylation sites is 2. The minimum atomic E-state index is -0.267. The number of nitrogens with one attached hydrogen (secondary N) is 1. The Morgan fingerprint density at radius 3 is 2.74 bits per heavy atom. The Balaban J connectivity index is 1.31. The van der Waals surface area contributed by atoms with E-state index in [1.807, 2.05) is 73.7 Å². The molecule has 7 nitrogen and oxygen atoms in total. The van der Waals surface area contributed by atoms with Crippen molar-refractivity contribution in [3.8, 4) is 11.5 Å². The molecule has 4 aromatic rings. The molecule has 174 valence electrons. The van der Waals surface area contributed by atoms with Crippen LogP contribution in [0.5, 0.6) is 11.5 Å². The molecule has 0 unspecified atom stereocenters. The Hall–Kier alpha value is -3.49. The fraction of sp³-hybridized carbons (Fsp3) is 0.160. The molecule has 1 heterocycles. The topological polar surface area (TPSA) is 86.0 Å². The van der Waals surface area contributed by atoms with Crippen molar-refractivity contribution in [2.75, 3.05) is 12.4 Å². The third-order valence-corrected chi connectivity index (χ3v) is 5.66. The number of benzene rings is 3. The number of amides is 1. The number of thioether (sulfide) groups is 1. The predicted molar refractivity (Wildman–Crippen MR) is 134 cm³/mol. The number of fused-ring (bicyclic) bond motifs is 1. The van der Waals surface area contributed by atoms with Crippen molar-refractivity contribution in [1.29, 1.82) is 0 Å². The fourth-order valence-corrected chi connectivity index (χ4v) is 3.74. The van der Waals surface area contributed by atoms with Crippen LogP contribution in [0.1, 0.15) is 18.1 Å². The van der Waals surface area contributed by atoms with Gasteiger partial charge in [-0.15, -0.1) is 0 Å². The van der Waals surface area contributed by atoms with Crippen LogP contribution in [-0.4, -0.2) is 29.5 Å². The number of ether oxygens (including phenoxy) is 2. The molecule has 34 heavy (non-hydrogen) atoms. The molecule has 0 aliphatic carbocycles. The molecule has 0 radical (unpaired) electrons. The zero-order chi connectivity index (χ0) is 23.8. The van der Waals surface area contributed by atoms with Crippen LogP contribution in [0.2, 0.25) is 5.02 Å². The van der Waals surface area contributed by atoms with Gasteiger partial charge in [0.05, 0.1) is 18.6 Å². The summed E-state index contributed by atoms with van der Waals surface area (Å²) >= 11 is 7.14. The van der Waals surface area contributed by atoms with Gasteiger partial charge in [0.25, 0.3) is 11.1 Å². The smallest absolute Gasteiger partial charge is 0.257 e. The Morgan fingerprint density at radius 2 is 1.94 bits per heavy atom. The Kier molecular flexibility index (Phi) is 8.06. The summed E-state index contributed by atoms with van der Waals surface area (Å²) in [7, 11) is 0. The molecule has 0 aliphatic heterocycles. The van der Waals surface area contributed by atoms with E-state index in [0.717, 1.165) is 16.6 Å². The highest BCUT2D eigenvalue weighted by atomic mass is 35.5. The van der Waals surface area contributed by atoms with Crippen LogP contribution >= 0.6 is 23.4 Å². The molecular formula is C25H22ClN3O4S. The summed E-state index contributed by atoms with van der Waals surface area (Å²) in [6.07, 6.45) is 1.55. The Bertz CT molecular complexity index is 1260. The molecule has 0 atom stereocenters. The third kappa shape index (κ3) is 6.52. The lowest BCUT2D eigenvalue weighted by Gasteiger charge is -2.12. The van der Waals surface area contributed by atoms with Crippen molar-refractivity contribution in [1.82, 2.24) is 10.4 Å². The average Bonchev–Trinajstić information content (AvgIpc) is 3.27. The number of carbonyl (C=O) groups is 1. The van der Waals surface area contributed by atoms with Gasteiger partial charge >= 0.3 is 0 Å². The van der Waals surface area contributed by atoms with E-state index in [2.05, 4.69) is 15.5 Å². The first-order valence-corrected chi connectivity index (χ1v) is 11.9. The quantitative estimate of drug-likeness (QED) is 0.172. The number of carbonyl (C=O) groups excluding carboxylic acids is 1. The summed E-state index contributed by atoms with van der Waals surface area (Å²) in [4.78, 5) is 16.5. The zero-order valence-electron chi connectivity index (χ0n) is 18.4. The van der Waals surface area contributed by atoms with Gasteiger partial charge in [0, 0.05) is 5.02 Å². The predicted octanol–water partition coefficient (Wildman–Crippen LogP) is 5.70. The number of hydrogen-bond acceptors (Lipinski definition) is 7. The molecule has 1 aromatic heterocycles. The second-order valence-corrected chi connectivity index (χ2v) is 8.45. The number of halogens is 1. The van der Waals surface area contributed by atoms with Crippen LogP contribution in [0.4, 0.5) is 0 Å². The minimum Gasteiger partial charge on any atom is -0.490 e. The molecule has 4 rings (SSSR count). The first kappa shape index (κ1) is 23.7. The maximum Gasteiger partial charge on any atom is 0.257 e. The van der Waals surface area contributed by atoms with Gasteiger partial charge in [-0.25, -0.2) is 10.4 Å². The molecule has 0 saturated carbocycles. The SMILES string of the molecule is CCOc1cc(/C=N\NC(=O)CSc2nc3ccccc3o2)ccc1OCc1ccc(Cl)cc1. The van der Waals surface area contributed by atoms with Crippen LogP contribution in [0, 0.1) is 0 Å². The average molecular weight is 496 g/mol. The standard InChI is InChI=1S/C25H22ClN3O4S/c1-2-31-23-13-18(9-12-22(23)32-15-17-7-10-19(26)11-8-17)14-27-29-24(30)16-34-25-28-20-5-3-4-6-21(20)33-25/h3-14H,2,15-16H2,1H3,(H,29,30)/b27-14-. The van der Waals surface area contributed by atoms with Gasteiger partial charge in [0.15, 0.2) is 17.1 Å². The number of aromatic nitrogens is 1. The molecule has 9 heteroatoms. The second kappa shape index (κ2) is 11.6. The zero-order valence-corrected chi connectivity index (χ0v) is 19.9. The van der Waals surface area contributed by atoms with Crippen LogP contribution in [0.15, 0.2) is 81.5 Å². The second-order valence-electron chi connectivity index (χ2n) is 7.08.